The third-order valence-electron chi connectivity index (χ3n) is 3.40. The quantitative estimate of drug-likeness (QED) is 0.853. The van der Waals surface area contributed by atoms with Crippen LogP contribution in [0.25, 0.3) is 6.08 Å². The maximum atomic E-state index is 12.6. The Morgan fingerprint density at radius 2 is 2.14 bits per heavy atom. The van der Waals surface area contributed by atoms with Crippen molar-refractivity contribution in [3.63, 3.8) is 0 Å². The summed E-state index contributed by atoms with van der Waals surface area (Å²) < 4.78 is 37.8. The van der Waals surface area contributed by atoms with Gasteiger partial charge in [0, 0.05) is 25.2 Å². The molecule has 0 aliphatic carbocycles. The van der Waals surface area contributed by atoms with Gasteiger partial charge in [0.05, 0.1) is 5.56 Å². The second-order valence-electron chi connectivity index (χ2n) is 5.14. The van der Waals surface area contributed by atoms with Gasteiger partial charge in [0.1, 0.15) is 0 Å². The van der Waals surface area contributed by atoms with Gasteiger partial charge in [-0.1, -0.05) is 12.1 Å². The Labute approximate surface area is 121 Å². The lowest BCUT2D eigenvalue weighted by atomic mass is 10.1. The minimum absolute atomic E-state index is 0.0235. The van der Waals surface area contributed by atoms with Gasteiger partial charge in [-0.25, -0.2) is 0 Å². The van der Waals surface area contributed by atoms with E-state index in [1.807, 2.05) is 0 Å². The van der Waals surface area contributed by atoms with Gasteiger partial charge in [-0.05, 0) is 36.6 Å². The molecule has 1 amide bonds. The highest BCUT2D eigenvalue weighted by Crippen LogP contribution is 2.29. The van der Waals surface area contributed by atoms with Crippen molar-refractivity contribution in [3.05, 3.63) is 41.5 Å². The maximum Gasteiger partial charge on any atom is 0.416 e. The third-order valence-corrected chi connectivity index (χ3v) is 3.40. The van der Waals surface area contributed by atoms with Gasteiger partial charge in [0.25, 0.3) is 0 Å². The lowest BCUT2D eigenvalue weighted by molar-refractivity contribution is -0.137. The molecule has 6 heteroatoms. The smallest absolute Gasteiger partial charge is 0.338 e. The molecule has 0 bridgehead atoms. The molecule has 1 unspecified atom stereocenters. The molecule has 2 N–H and O–H groups in total. The average molecular weight is 298 g/mol. The summed E-state index contributed by atoms with van der Waals surface area (Å²) >= 11 is 0. The Kier molecular flexibility index (Phi) is 4.67. The molecule has 1 atom stereocenters. The Hall–Kier alpha value is -1.82. The van der Waals surface area contributed by atoms with Crippen molar-refractivity contribution in [2.45, 2.75) is 25.1 Å². The van der Waals surface area contributed by atoms with Crippen LogP contribution in [-0.2, 0) is 11.0 Å². The van der Waals surface area contributed by atoms with E-state index in [0.29, 0.717) is 18.7 Å². The maximum absolute atomic E-state index is 12.6. The van der Waals surface area contributed by atoms with Crippen LogP contribution < -0.4 is 5.73 Å². The molecule has 0 saturated carbocycles. The monoisotopic (exact) mass is 298 g/mol. The second kappa shape index (κ2) is 6.30. The van der Waals surface area contributed by atoms with E-state index in [9.17, 15) is 18.0 Å². The molecule has 1 aliphatic rings. The van der Waals surface area contributed by atoms with Crippen LogP contribution in [0.4, 0.5) is 13.2 Å². The normalized spacial score (nSPS) is 20.0. The van der Waals surface area contributed by atoms with Crippen molar-refractivity contribution in [3.8, 4) is 0 Å². The Morgan fingerprint density at radius 1 is 1.38 bits per heavy atom. The number of piperidine rings is 1. The van der Waals surface area contributed by atoms with E-state index in [-0.39, 0.29) is 11.9 Å². The van der Waals surface area contributed by atoms with Crippen LogP contribution in [0, 0.1) is 0 Å². The topological polar surface area (TPSA) is 46.3 Å². The molecule has 0 spiro atoms. The number of rotatable bonds is 2. The molecule has 1 aromatic rings. The van der Waals surface area contributed by atoms with E-state index >= 15 is 0 Å². The third kappa shape index (κ3) is 4.32. The predicted octanol–water partition coefficient (Wildman–Crippen LogP) is 2.67. The molecule has 0 aromatic heterocycles. The molecule has 21 heavy (non-hydrogen) atoms. The lowest BCUT2D eigenvalue weighted by Crippen LogP contribution is -2.45. The number of nitrogens with two attached hydrogens (primary N) is 1. The van der Waals surface area contributed by atoms with Gasteiger partial charge >= 0.3 is 6.18 Å². The molecule has 114 valence electrons. The summed E-state index contributed by atoms with van der Waals surface area (Å²) in [6.45, 7) is 1.13. The SMILES string of the molecule is NC1CCCN(C(=O)C=Cc2cccc(C(F)(F)F)c2)C1. The number of carbonyl (C=O) groups excluding carboxylic acids is 1. The summed E-state index contributed by atoms with van der Waals surface area (Å²) in [6.07, 6.45) is 0.0597. The first-order chi connectivity index (χ1) is 9.86. The summed E-state index contributed by atoms with van der Waals surface area (Å²) in [6, 6.07) is 4.85. The number of likely N-dealkylation sites (tertiary alicyclic amines) is 1. The summed E-state index contributed by atoms with van der Waals surface area (Å²) in [7, 11) is 0. The van der Waals surface area contributed by atoms with Crippen LogP contribution in [0.1, 0.15) is 24.0 Å². The van der Waals surface area contributed by atoms with E-state index in [2.05, 4.69) is 0 Å². The van der Waals surface area contributed by atoms with Crippen LogP contribution in [-0.4, -0.2) is 29.9 Å². The largest absolute Gasteiger partial charge is 0.416 e. The minimum Gasteiger partial charge on any atom is -0.338 e. The number of benzene rings is 1. The zero-order valence-electron chi connectivity index (χ0n) is 11.4. The Balaban J connectivity index is 2.05. The van der Waals surface area contributed by atoms with Crippen molar-refractivity contribution in [1.29, 1.82) is 0 Å². The number of hydrogen-bond donors (Lipinski definition) is 1. The fourth-order valence-corrected chi connectivity index (χ4v) is 2.30. The first-order valence-corrected chi connectivity index (χ1v) is 6.76. The fraction of sp³-hybridized carbons (Fsp3) is 0.400. The minimum atomic E-state index is -4.38. The summed E-state index contributed by atoms with van der Waals surface area (Å²) in [5.74, 6) is -0.220. The number of hydrogen-bond acceptors (Lipinski definition) is 2. The first-order valence-electron chi connectivity index (χ1n) is 6.76. The standard InChI is InChI=1S/C15H17F3N2O/c16-15(17,18)12-4-1-3-11(9-12)6-7-14(21)20-8-2-5-13(19)10-20/h1,3-4,6-7,9,13H,2,5,8,10,19H2. The predicted molar refractivity (Wildman–Crippen MR) is 74.3 cm³/mol. The second-order valence-corrected chi connectivity index (χ2v) is 5.14. The highest BCUT2D eigenvalue weighted by molar-refractivity contribution is 5.91. The van der Waals surface area contributed by atoms with E-state index in [0.717, 1.165) is 25.0 Å². The average Bonchev–Trinajstić information content (AvgIpc) is 2.44. The Bertz CT molecular complexity index is 540. The number of amides is 1. The molecule has 1 saturated heterocycles. The van der Waals surface area contributed by atoms with Gasteiger partial charge < -0.3 is 10.6 Å². The molecule has 0 radical (unpaired) electrons. The summed E-state index contributed by atoms with van der Waals surface area (Å²) in [5, 5.41) is 0. The molecule has 2 rings (SSSR count). The highest BCUT2D eigenvalue weighted by Gasteiger charge is 2.30. The van der Waals surface area contributed by atoms with Crippen LogP contribution in [0.15, 0.2) is 30.3 Å². The van der Waals surface area contributed by atoms with Crippen LogP contribution >= 0.6 is 0 Å². The van der Waals surface area contributed by atoms with Crippen LogP contribution in [0.5, 0.6) is 0 Å². The lowest BCUT2D eigenvalue weighted by Gasteiger charge is -2.29. The first kappa shape index (κ1) is 15.6. The number of alkyl halides is 3. The van der Waals surface area contributed by atoms with E-state index in [4.69, 9.17) is 5.73 Å². The zero-order chi connectivity index (χ0) is 15.5. The molecular weight excluding hydrogens is 281 g/mol. The van der Waals surface area contributed by atoms with Gasteiger partial charge in [-0.3, -0.25) is 4.79 Å². The van der Waals surface area contributed by atoms with Gasteiger partial charge in [-0.15, -0.1) is 0 Å². The van der Waals surface area contributed by atoms with E-state index in [1.165, 1.54) is 24.3 Å². The zero-order valence-corrected chi connectivity index (χ0v) is 11.4. The number of carbonyl (C=O) groups is 1. The van der Waals surface area contributed by atoms with Crippen molar-refractivity contribution in [2.75, 3.05) is 13.1 Å². The fourth-order valence-electron chi connectivity index (χ4n) is 2.30. The van der Waals surface area contributed by atoms with E-state index in [1.54, 1.807) is 4.90 Å². The molecular formula is C15H17F3N2O. The van der Waals surface area contributed by atoms with Crippen molar-refractivity contribution >= 4 is 12.0 Å². The number of halogens is 3. The van der Waals surface area contributed by atoms with Gasteiger partial charge in [0.15, 0.2) is 0 Å². The van der Waals surface area contributed by atoms with Crippen molar-refractivity contribution < 1.29 is 18.0 Å². The van der Waals surface area contributed by atoms with E-state index < -0.39 is 11.7 Å². The van der Waals surface area contributed by atoms with Crippen LogP contribution in [0.3, 0.4) is 0 Å². The van der Waals surface area contributed by atoms with Gasteiger partial charge in [0.2, 0.25) is 5.91 Å². The molecule has 1 aromatic carbocycles. The molecule has 1 fully saturated rings. The number of nitrogens with zero attached hydrogens (tertiary/aromatic N) is 1. The Morgan fingerprint density at radius 3 is 2.81 bits per heavy atom. The van der Waals surface area contributed by atoms with Gasteiger partial charge in [-0.2, -0.15) is 13.2 Å². The summed E-state index contributed by atoms with van der Waals surface area (Å²) in [5.41, 5.74) is 5.42. The van der Waals surface area contributed by atoms with Crippen molar-refractivity contribution in [1.82, 2.24) is 4.90 Å². The molecule has 1 aliphatic heterocycles. The van der Waals surface area contributed by atoms with Crippen LogP contribution in [0.2, 0.25) is 0 Å². The highest BCUT2D eigenvalue weighted by atomic mass is 19.4. The molecule has 1 heterocycles. The van der Waals surface area contributed by atoms with Crippen molar-refractivity contribution in [2.24, 2.45) is 5.73 Å². The molecule has 3 nitrogen and oxygen atoms in total. The summed E-state index contributed by atoms with van der Waals surface area (Å²) in [4.78, 5) is 13.6.